The molecule has 0 saturated heterocycles. The lowest BCUT2D eigenvalue weighted by Crippen LogP contribution is -2.08. The molecule has 0 fully saturated rings. The molecule has 0 aliphatic carbocycles. The summed E-state index contributed by atoms with van der Waals surface area (Å²) in [4.78, 5) is 4.12. The minimum Gasteiger partial charge on any atom is -0.477 e. The normalized spacial score (nSPS) is 10.8. The van der Waals surface area contributed by atoms with Crippen molar-refractivity contribution < 1.29 is 4.74 Å². The minimum atomic E-state index is 0.190. The molecule has 0 atom stereocenters. The molecule has 0 aliphatic heterocycles. The molecule has 0 radical (unpaired) electrons. The van der Waals surface area contributed by atoms with Crippen molar-refractivity contribution in [1.82, 2.24) is 4.98 Å². The summed E-state index contributed by atoms with van der Waals surface area (Å²) in [5, 5.41) is 7.82. The van der Waals surface area contributed by atoms with Gasteiger partial charge in [-0.05, 0) is 18.6 Å². The topological polar surface area (TPSA) is 46.0 Å². The van der Waals surface area contributed by atoms with Gasteiger partial charge in [0.15, 0.2) is 0 Å². The Bertz CT molecular complexity index is 419. The van der Waals surface area contributed by atoms with E-state index in [0.29, 0.717) is 12.3 Å². The lowest BCUT2D eigenvalue weighted by molar-refractivity contribution is 0.289. The van der Waals surface area contributed by atoms with E-state index in [1.807, 2.05) is 18.2 Å². The fourth-order valence-electron chi connectivity index (χ4n) is 3.04. The van der Waals surface area contributed by atoms with Crippen LogP contribution < -0.4 is 0 Å². The Balaban J connectivity index is 1.78. The van der Waals surface area contributed by atoms with Crippen molar-refractivity contribution in [2.24, 2.45) is 0 Å². The largest absolute Gasteiger partial charge is 0.477 e. The predicted molar refractivity (Wildman–Crippen MR) is 107 cm³/mol. The molecule has 0 amide bonds. The lowest BCUT2D eigenvalue weighted by Gasteiger charge is -2.06. The zero-order valence-electron chi connectivity index (χ0n) is 16.3. The van der Waals surface area contributed by atoms with Crippen LogP contribution in [0.1, 0.15) is 103 Å². The molecule has 1 aromatic rings. The molecular formula is C22H38N2O. The standard InChI is InChI=1S/C22H38N2O/c1-2-3-4-5-6-7-8-9-10-11-12-13-14-17-20-25-22(23)21-18-15-16-19-24-21/h15-16,18-19,23H,2-14,17,20H2,1H3. The van der Waals surface area contributed by atoms with E-state index in [1.54, 1.807) is 6.20 Å². The van der Waals surface area contributed by atoms with Crippen molar-refractivity contribution in [3.8, 4) is 0 Å². The van der Waals surface area contributed by atoms with Gasteiger partial charge in [0.2, 0.25) is 5.90 Å². The predicted octanol–water partition coefficient (Wildman–Crippen LogP) is 6.90. The Hall–Kier alpha value is -1.38. The van der Waals surface area contributed by atoms with Crippen molar-refractivity contribution in [2.45, 2.75) is 96.8 Å². The number of pyridine rings is 1. The van der Waals surface area contributed by atoms with E-state index >= 15 is 0 Å². The van der Waals surface area contributed by atoms with Gasteiger partial charge >= 0.3 is 0 Å². The van der Waals surface area contributed by atoms with E-state index in [9.17, 15) is 0 Å². The van der Waals surface area contributed by atoms with Gasteiger partial charge in [0.05, 0.1) is 6.61 Å². The highest BCUT2D eigenvalue weighted by molar-refractivity contribution is 5.89. The smallest absolute Gasteiger partial charge is 0.232 e. The van der Waals surface area contributed by atoms with Gasteiger partial charge in [-0.2, -0.15) is 0 Å². The summed E-state index contributed by atoms with van der Waals surface area (Å²) in [6.07, 6.45) is 20.7. The first-order chi connectivity index (χ1) is 12.3. The number of ether oxygens (including phenoxy) is 1. The number of hydrogen-bond donors (Lipinski definition) is 1. The zero-order chi connectivity index (χ0) is 18.0. The van der Waals surface area contributed by atoms with Crippen LogP contribution in [-0.4, -0.2) is 17.5 Å². The van der Waals surface area contributed by atoms with E-state index in [2.05, 4.69) is 11.9 Å². The summed E-state index contributed by atoms with van der Waals surface area (Å²) in [6, 6.07) is 5.55. The Morgan fingerprint density at radius 2 is 1.32 bits per heavy atom. The van der Waals surface area contributed by atoms with Gasteiger partial charge in [-0.1, -0.05) is 96.5 Å². The molecule has 1 N–H and O–H groups in total. The summed E-state index contributed by atoms with van der Waals surface area (Å²) >= 11 is 0. The highest BCUT2D eigenvalue weighted by Gasteiger charge is 2.02. The summed E-state index contributed by atoms with van der Waals surface area (Å²) in [6.45, 7) is 2.91. The molecule has 0 bridgehead atoms. The maximum Gasteiger partial charge on any atom is 0.232 e. The fourth-order valence-corrected chi connectivity index (χ4v) is 3.04. The van der Waals surface area contributed by atoms with Crippen molar-refractivity contribution in [3.63, 3.8) is 0 Å². The molecule has 0 saturated carbocycles. The van der Waals surface area contributed by atoms with Gasteiger partial charge < -0.3 is 4.74 Å². The second-order valence-corrected chi connectivity index (χ2v) is 6.99. The highest BCUT2D eigenvalue weighted by atomic mass is 16.5. The van der Waals surface area contributed by atoms with Gasteiger partial charge in [0.25, 0.3) is 0 Å². The third kappa shape index (κ3) is 12.6. The Kier molecular flexibility index (Phi) is 14.0. The Labute approximate surface area is 155 Å². The molecule has 3 heteroatoms. The molecule has 0 aromatic carbocycles. The molecule has 0 spiro atoms. The lowest BCUT2D eigenvalue weighted by atomic mass is 10.0. The van der Waals surface area contributed by atoms with Gasteiger partial charge in [-0.3, -0.25) is 10.4 Å². The highest BCUT2D eigenvalue weighted by Crippen LogP contribution is 2.13. The van der Waals surface area contributed by atoms with Crippen molar-refractivity contribution in [2.75, 3.05) is 6.61 Å². The molecule has 1 heterocycles. The maximum absolute atomic E-state index is 7.82. The Morgan fingerprint density at radius 3 is 1.80 bits per heavy atom. The molecule has 1 aromatic heterocycles. The van der Waals surface area contributed by atoms with Gasteiger partial charge in [0, 0.05) is 6.20 Å². The second kappa shape index (κ2) is 16.1. The summed E-state index contributed by atoms with van der Waals surface area (Å²) in [7, 11) is 0. The van der Waals surface area contributed by atoms with Gasteiger partial charge in [-0.15, -0.1) is 0 Å². The van der Waals surface area contributed by atoms with E-state index in [4.69, 9.17) is 10.1 Å². The van der Waals surface area contributed by atoms with Crippen LogP contribution in [-0.2, 0) is 4.74 Å². The van der Waals surface area contributed by atoms with Crippen LogP contribution in [0.3, 0.4) is 0 Å². The summed E-state index contributed by atoms with van der Waals surface area (Å²) in [5.74, 6) is 0.190. The Morgan fingerprint density at radius 1 is 0.800 bits per heavy atom. The van der Waals surface area contributed by atoms with E-state index in [-0.39, 0.29) is 5.90 Å². The first kappa shape index (κ1) is 21.7. The van der Waals surface area contributed by atoms with Crippen LogP contribution in [0.2, 0.25) is 0 Å². The van der Waals surface area contributed by atoms with Crippen LogP contribution in [0, 0.1) is 5.41 Å². The summed E-state index contributed by atoms with van der Waals surface area (Å²) in [5.41, 5.74) is 0.618. The zero-order valence-corrected chi connectivity index (χ0v) is 16.3. The van der Waals surface area contributed by atoms with Crippen molar-refractivity contribution in [1.29, 1.82) is 5.41 Å². The molecule has 0 unspecified atom stereocenters. The average molecular weight is 347 g/mol. The SMILES string of the molecule is CCCCCCCCCCCCCCCCOC(=N)c1ccccn1. The van der Waals surface area contributed by atoms with E-state index in [1.165, 1.54) is 83.5 Å². The fraction of sp³-hybridized carbons (Fsp3) is 0.727. The van der Waals surface area contributed by atoms with Crippen molar-refractivity contribution in [3.05, 3.63) is 30.1 Å². The third-order valence-electron chi connectivity index (χ3n) is 4.64. The monoisotopic (exact) mass is 346 g/mol. The van der Waals surface area contributed by atoms with Crippen LogP contribution in [0.4, 0.5) is 0 Å². The summed E-state index contributed by atoms with van der Waals surface area (Å²) < 4.78 is 5.46. The van der Waals surface area contributed by atoms with Crippen LogP contribution >= 0.6 is 0 Å². The number of hydrogen-bond acceptors (Lipinski definition) is 3. The first-order valence-electron chi connectivity index (χ1n) is 10.5. The third-order valence-corrected chi connectivity index (χ3v) is 4.64. The van der Waals surface area contributed by atoms with Crippen LogP contribution in [0.5, 0.6) is 0 Å². The van der Waals surface area contributed by atoms with Crippen molar-refractivity contribution >= 4 is 5.90 Å². The van der Waals surface area contributed by atoms with E-state index in [0.717, 1.165) is 6.42 Å². The van der Waals surface area contributed by atoms with Crippen LogP contribution in [0.25, 0.3) is 0 Å². The molecular weight excluding hydrogens is 308 g/mol. The molecule has 3 nitrogen and oxygen atoms in total. The van der Waals surface area contributed by atoms with Gasteiger partial charge in [0.1, 0.15) is 5.69 Å². The molecule has 1 rings (SSSR count). The number of nitrogens with one attached hydrogen (secondary N) is 1. The average Bonchev–Trinajstić information content (AvgIpc) is 2.65. The minimum absolute atomic E-state index is 0.190. The number of unbranched alkanes of at least 4 members (excludes halogenated alkanes) is 13. The van der Waals surface area contributed by atoms with Crippen LogP contribution in [0.15, 0.2) is 24.4 Å². The first-order valence-corrected chi connectivity index (χ1v) is 10.5. The molecule has 142 valence electrons. The number of aromatic nitrogens is 1. The number of rotatable bonds is 16. The maximum atomic E-state index is 7.82. The molecule has 0 aliphatic rings. The quantitative estimate of drug-likeness (QED) is 0.201. The second-order valence-electron chi connectivity index (χ2n) is 6.99. The molecule has 25 heavy (non-hydrogen) atoms. The number of nitrogens with zero attached hydrogens (tertiary/aromatic N) is 1. The van der Waals surface area contributed by atoms with Gasteiger partial charge in [-0.25, -0.2) is 0 Å². The van der Waals surface area contributed by atoms with E-state index < -0.39 is 0 Å².